The van der Waals surface area contributed by atoms with Gasteiger partial charge in [-0.3, -0.25) is 4.79 Å². The van der Waals surface area contributed by atoms with E-state index < -0.39 is 5.97 Å². The zero-order valence-corrected chi connectivity index (χ0v) is 12.2. The summed E-state index contributed by atoms with van der Waals surface area (Å²) in [6, 6.07) is 8.23. The molecule has 1 N–H and O–H groups in total. The van der Waals surface area contributed by atoms with Crippen molar-refractivity contribution >= 4 is 23.4 Å². The molecular weight excluding hydrogens is 258 g/mol. The minimum absolute atomic E-state index is 0.146. The first-order valence-corrected chi connectivity index (χ1v) is 8.01. The number of nitrogens with zero attached hydrogens (tertiary/aromatic N) is 1. The topological polar surface area (TPSA) is 40.5 Å². The maximum atomic E-state index is 10.9. The summed E-state index contributed by atoms with van der Waals surface area (Å²) in [5, 5.41) is 9.01. The van der Waals surface area contributed by atoms with E-state index in [1.165, 1.54) is 17.0 Å². The number of benzene rings is 1. The first-order valence-electron chi connectivity index (χ1n) is 6.85. The molecule has 104 valence electrons. The third kappa shape index (κ3) is 3.66. The number of carboxylic acid groups (broad SMARTS) is 1. The Morgan fingerprint density at radius 3 is 3.00 bits per heavy atom. The second-order valence-electron chi connectivity index (χ2n) is 4.85. The van der Waals surface area contributed by atoms with Crippen LogP contribution in [0.5, 0.6) is 0 Å². The molecule has 1 aromatic rings. The molecule has 0 amide bonds. The van der Waals surface area contributed by atoms with Crippen LogP contribution in [0.4, 0.5) is 5.69 Å². The molecule has 0 aromatic heterocycles. The van der Waals surface area contributed by atoms with Gasteiger partial charge in [0.2, 0.25) is 0 Å². The van der Waals surface area contributed by atoms with Crippen molar-refractivity contribution in [3.05, 3.63) is 29.8 Å². The van der Waals surface area contributed by atoms with Crippen LogP contribution >= 0.6 is 11.8 Å². The lowest BCUT2D eigenvalue weighted by Crippen LogP contribution is -2.24. The number of carboxylic acids is 1. The van der Waals surface area contributed by atoms with Crippen LogP contribution in [0.25, 0.3) is 0 Å². The van der Waals surface area contributed by atoms with Crippen molar-refractivity contribution < 1.29 is 9.90 Å². The highest BCUT2D eigenvalue weighted by molar-refractivity contribution is 7.99. The van der Waals surface area contributed by atoms with Crippen molar-refractivity contribution in [2.75, 3.05) is 29.5 Å². The molecule has 2 rings (SSSR count). The maximum absolute atomic E-state index is 10.9. The van der Waals surface area contributed by atoms with Gasteiger partial charge in [-0.25, -0.2) is 0 Å². The predicted molar refractivity (Wildman–Crippen MR) is 81.3 cm³/mol. The monoisotopic (exact) mass is 279 g/mol. The van der Waals surface area contributed by atoms with Crippen molar-refractivity contribution in [1.82, 2.24) is 0 Å². The number of para-hydroxylation sites is 1. The SMILES string of the molecule is CCSCCCN1CC(CC(=O)O)c2ccccc21. The van der Waals surface area contributed by atoms with E-state index in [0.29, 0.717) is 0 Å². The van der Waals surface area contributed by atoms with Gasteiger partial charge in [0.25, 0.3) is 0 Å². The molecule has 3 nitrogen and oxygen atoms in total. The second-order valence-corrected chi connectivity index (χ2v) is 6.24. The summed E-state index contributed by atoms with van der Waals surface area (Å²) in [4.78, 5) is 13.3. The third-order valence-electron chi connectivity index (χ3n) is 3.50. The van der Waals surface area contributed by atoms with Gasteiger partial charge in [0, 0.05) is 24.7 Å². The van der Waals surface area contributed by atoms with Gasteiger partial charge in [-0.15, -0.1) is 0 Å². The Hall–Kier alpha value is -1.16. The van der Waals surface area contributed by atoms with Crippen LogP contribution in [0.1, 0.15) is 31.2 Å². The zero-order chi connectivity index (χ0) is 13.7. The van der Waals surface area contributed by atoms with Crippen LogP contribution in [0.2, 0.25) is 0 Å². The predicted octanol–water partition coefficient (Wildman–Crippen LogP) is 3.21. The quantitative estimate of drug-likeness (QED) is 0.778. The van der Waals surface area contributed by atoms with Gasteiger partial charge in [0.05, 0.1) is 6.42 Å². The smallest absolute Gasteiger partial charge is 0.304 e. The van der Waals surface area contributed by atoms with E-state index in [0.717, 1.165) is 25.3 Å². The lowest BCUT2D eigenvalue weighted by molar-refractivity contribution is -0.137. The molecule has 1 heterocycles. The molecule has 1 aliphatic rings. The van der Waals surface area contributed by atoms with Crippen LogP contribution in [0, 0.1) is 0 Å². The molecule has 0 aliphatic carbocycles. The first kappa shape index (κ1) is 14.3. The van der Waals surface area contributed by atoms with Crippen molar-refractivity contribution in [3.8, 4) is 0 Å². The number of thioether (sulfide) groups is 1. The van der Waals surface area contributed by atoms with Gasteiger partial charge in [-0.2, -0.15) is 11.8 Å². The van der Waals surface area contributed by atoms with E-state index in [9.17, 15) is 4.79 Å². The highest BCUT2D eigenvalue weighted by Crippen LogP contribution is 2.37. The summed E-state index contributed by atoms with van der Waals surface area (Å²) in [5.74, 6) is 1.78. The third-order valence-corrected chi connectivity index (χ3v) is 4.49. The van der Waals surface area contributed by atoms with Crippen LogP contribution in [0.15, 0.2) is 24.3 Å². The van der Waals surface area contributed by atoms with Crippen molar-refractivity contribution in [2.24, 2.45) is 0 Å². The molecule has 1 atom stereocenters. The molecule has 0 bridgehead atoms. The summed E-state index contributed by atoms with van der Waals surface area (Å²) in [6.45, 7) is 4.06. The molecule has 0 fully saturated rings. The Morgan fingerprint density at radius 1 is 1.47 bits per heavy atom. The van der Waals surface area contributed by atoms with E-state index in [4.69, 9.17) is 5.11 Å². The number of hydrogen-bond acceptors (Lipinski definition) is 3. The Bertz CT molecular complexity index is 436. The minimum Gasteiger partial charge on any atom is -0.481 e. The van der Waals surface area contributed by atoms with Gasteiger partial charge in [-0.1, -0.05) is 25.1 Å². The number of carbonyl (C=O) groups is 1. The number of fused-ring (bicyclic) bond motifs is 1. The van der Waals surface area contributed by atoms with Crippen molar-refractivity contribution in [2.45, 2.75) is 25.7 Å². The number of aliphatic carboxylic acids is 1. The Kier molecular flexibility index (Phi) is 5.14. The summed E-state index contributed by atoms with van der Waals surface area (Å²) < 4.78 is 0. The standard InChI is InChI=1S/C15H21NO2S/c1-2-19-9-5-8-16-11-12(10-15(17)18)13-6-3-4-7-14(13)16/h3-4,6-7,12H,2,5,8-11H2,1H3,(H,17,18). The van der Waals surface area contributed by atoms with E-state index in [-0.39, 0.29) is 12.3 Å². The van der Waals surface area contributed by atoms with Crippen LogP contribution in [0.3, 0.4) is 0 Å². The van der Waals surface area contributed by atoms with Gasteiger partial charge in [0.15, 0.2) is 0 Å². The molecular formula is C15H21NO2S. The van der Waals surface area contributed by atoms with E-state index in [2.05, 4.69) is 24.0 Å². The molecule has 0 radical (unpaired) electrons. The van der Waals surface area contributed by atoms with Crippen LogP contribution in [-0.2, 0) is 4.79 Å². The van der Waals surface area contributed by atoms with Crippen LogP contribution < -0.4 is 4.90 Å². The fourth-order valence-electron chi connectivity index (χ4n) is 2.68. The van der Waals surface area contributed by atoms with Crippen molar-refractivity contribution in [3.63, 3.8) is 0 Å². The molecule has 4 heteroatoms. The fraction of sp³-hybridized carbons (Fsp3) is 0.533. The number of rotatable bonds is 7. The number of anilines is 1. The summed E-state index contributed by atoms with van der Waals surface area (Å²) >= 11 is 1.96. The lowest BCUT2D eigenvalue weighted by atomic mass is 9.98. The summed E-state index contributed by atoms with van der Waals surface area (Å²) in [7, 11) is 0. The Balaban J connectivity index is 2.00. The van der Waals surface area contributed by atoms with Gasteiger partial charge < -0.3 is 10.0 Å². The van der Waals surface area contributed by atoms with E-state index in [1.54, 1.807) is 0 Å². The first-order chi connectivity index (χ1) is 9.22. The number of hydrogen-bond donors (Lipinski definition) is 1. The summed E-state index contributed by atoms with van der Waals surface area (Å²) in [6.07, 6.45) is 1.39. The van der Waals surface area contributed by atoms with Crippen LogP contribution in [-0.4, -0.2) is 35.7 Å². The average molecular weight is 279 g/mol. The molecule has 1 aromatic carbocycles. The van der Waals surface area contributed by atoms with Crippen molar-refractivity contribution in [1.29, 1.82) is 0 Å². The average Bonchev–Trinajstić information content (AvgIpc) is 2.73. The second kappa shape index (κ2) is 6.85. The van der Waals surface area contributed by atoms with E-state index in [1.807, 2.05) is 23.9 Å². The normalized spacial score (nSPS) is 17.5. The molecule has 0 saturated heterocycles. The molecule has 0 saturated carbocycles. The Morgan fingerprint density at radius 2 is 2.26 bits per heavy atom. The van der Waals surface area contributed by atoms with E-state index >= 15 is 0 Å². The zero-order valence-electron chi connectivity index (χ0n) is 11.3. The largest absolute Gasteiger partial charge is 0.481 e. The molecule has 19 heavy (non-hydrogen) atoms. The summed E-state index contributed by atoms with van der Waals surface area (Å²) in [5.41, 5.74) is 2.43. The molecule has 1 unspecified atom stereocenters. The maximum Gasteiger partial charge on any atom is 0.304 e. The minimum atomic E-state index is -0.705. The highest BCUT2D eigenvalue weighted by Gasteiger charge is 2.29. The molecule has 1 aliphatic heterocycles. The van der Waals surface area contributed by atoms with Gasteiger partial charge in [0.1, 0.15) is 0 Å². The lowest BCUT2D eigenvalue weighted by Gasteiger charge is -2.19. The molecule has 0 spiro atoms. The van der Waals surface area contributed by atoms with Gasteiger partial charge in [-0.05, 0) is 29.6 Å². The van der Waals surface area contributed by atoms with Gasteiger partial charge >= 0.3 is 5.97 Å². The Labute approximate surface area is 119 Å². The fourth-order valence-corrected chi connectivity index (χ4v) is 3.30. The highest BCUT2D eigenvalue weighted by atomic mass is 32.2.